The van der Waals surface area contributed by atoms with Crippen LogP contribution in [0.4, 0.5) is 0 Å². The molecule has 0 unspecified atom stereocenters. The van der Waals surface area contributed by atoms with E-state index in [4.69, 9.17) is 0 Å². The highest BCUT2D eigenvalue weighted by molar-refractivity contribution is 7.90. The Morgan fingerprint density at radius 1 is 0.909 bits per heavy atom. The first-order valence-electron chi connectivity index (χ1n) is 6.67. The number of rotatable bonds is 4. The van der Waals surface area contributed by atoms with Crippen LogP contribution in [0, 0.1) is 0 Å². The first-order chi connectivity index (χ1) is 10.6. The lowest BCUT2D eigenvalue weighted by Crippen LogP contribution is -2.14. The zero-order valence-corrected chi connectivity index (χ0v) is 12.4. The summed E-state index contributed by atoms with van der Waals surface area (Å²) in [4.78, 5) is 10.8. The van der Waals surface area contributed by atoms with Crippen LogP contribution in [0.1, 0.15) is 5.69 Å². The maximum absolute atomic E-state index is 12.9. The molecule has 3 rings (SSSR count). The van der Waals surface area contributed by atoms with Crippen molar-refractivity contribution in [3.63, 3.8) is 0 Å². The van der Waals surface area contributed by atoms with E-state index in [-0.39, 0.29) is 4.90 Å². The minimum absolute atomic E-state index is 0.206. The summed E-state index contributed by atoms with van der Waals surface area (Å²) < 4.78 is 27.1. The lowest BCUT2D eigenvalue weighted by atomic mass is 10.2. The van der Waals surface area contributed by atoms with Crippen LogP contribution in [0.3, 0.4) is 0 Å². The Morgan fingerprint density at radius 3 is 2.32 bits per heavy atom. The molecule has 110 valence electrons. The summed E-state index contributed by atoms with van der Waals surface area (Å²) >= 11 is 0. The first kappa shape index (κ1) is 14.3. The fourth-order valence-corrected chi connectivity index (χ4v) is 3.90. The fraction of sp³-hybridized carbons (Fsp3) is 0. The van der Waals surface area contributed by atoms with E-state index in [1.54, 1.807) is 48.5 Å². The van der Waals surface area contributed by atoms with Crippen molar-refractivity contribution in [2.24, 2.45) is 0 Å². The van der Waals surface area contributed by atoms with Crippen molar-refractivity contribution < 1.29 is 13.2 Å². The standard InChI is InChI=1S/C17H13NO3S/c19-12-6-8-15-13-14-7-4-5-11-17(14)18(15)22(20,21)16-9-2-1-3-10-16/h1-13H/b8-6+. The van der Waals surface area contributed by atoms with Gasteiger partial charge in [0.1, 0.15) is 6.29 Å². The monoisotopic (exact) mass is 311 g/mol. The topological polar surface area (TPSA) is 56.1 Å². The molecule has 0 aliphatic rings. The third-order valence-electron chi connectivity index (χ3n) is 3.32. The minimum atomic E-state index is -3.73. The number of allylic oxidation sites excluding steroid dienone is 1. The molecule has 0 aliphatic heterocycles. The highest BCUT2D eigenvalue weighted by atomic mass is 32.2. The lowest BCUT2D eigenvalue weighted by molar-refractivity contribution is -0.104. The number of para-hydroxylation sites is 1. The van der Waals surface area contributed by atoms with E-state index in [2.05, 4.69) is 0 Å². The van der Waals surface area contributed by atoms with Crippen LogP contribution in [0.2, 0.25) is 0 Å². The van der Waals surface area contributed by atoms with Gasteiger partial charge in [-0.05, 0) is 36.4 Å². The Bertz CT molecular complexity index is 954. The molecule has 3 aromatic rings. The summed E-state index contributed by atoms with van der Waals surface area (Å²) in [7, 11) is -3.73. The zero-order valence-electron chi connectivity index (χ0n) is 11.6. The van der Waals surface area contributed by atoms with Gasteiger partial charge in [-0.3, -0.25) is 4.79 Å². The number of carbonyl (C=O) groups is 1. The predicted molar refractivity (Wildman–Crippen MR) is 86.1 cm³/mol. The number of benzene rings is 2. The Labute approximate surface area is 128 Å². The highest BCUT2D eigenvalue weighted by Crippen LogP contribution is 2.26. The summed E-state index contributed by atoms with van der Waals surface area (Å²) in [6.45, 7) is 0. The molecule has 2 aromatic carbocycles. The zero-order chi connectivity index (χ0) is 15.6. The van der Waals surface area contributed by atoms with Gasteiger partial charge in [-0.15, -0.1) is 0 Å². The third-order valence-corrected chi connectivity index (χ3v) is 5.08. The van der Waals surface area contributed by atoms with Gasteiger partial charge < -0.3 is 0 Å². The van der Waals surface area contributed by atoms with Crippen LogP contribution in [-0.4, -0.2) is 18.7 Å². The average molecular weight is 311 g/mol. The summed E-state index contributed by atoms with van der Waals surface area (Å²) in [5, 5.41) is 0.799. The molecule has 0 atom stereocenters. The van der Waals surface area contributed by atoms with E-state index in [9.17, 15) is 13.2 Å². The third kappa shape index (κ3) is 2.35. The normalized spacial score (nSPS) is 12.0. The van der Waals surface area contributed by atoms with Crippen LogP contribution < -0.4 is 0 Å². The van der Waals surface area contributed by atoms with Crippen LogP contribution >= 0.6 is 0 Å². The molecule has 0 spiro atoms. The number of hydrogen-bond acceptors (Lipinski definition) is 3. The fourth-order valence-electron chi connectivity index (χ4n) is 2.37. The molecular formula is C17H13NO3S. The van der Waals surface area contributed by atoms with Crippen LogP contribution in [0.5, 0.6) is 0 Å². The Balaban J connectivity index is 2.33. The SMILES string of the molecule is O=C/C=C/c1cc2ccccc2n1S(=O)(=O)c1ccccc1. The molecule has 0 aliphatic carbocycles. The lowest BCUT2D eigenvalue weighted by Gasteiger charge is -2.10. The van der Waals surface area contributed by atoms with Crippen molar-refractivity contribution in [1.82, 2.24) is 3.97 Å². The molecule has 5 heteroatoms. The van der Waals surface area contributed by atoms with Gasteiger partial charge in [-0.2, -0.15) is 0 Å². The summed E-state index contributed by atoms with van der Waals surface area (Å²) in [5.41, 5.74) is 1.02. The quantitative estimate of drug-likeness (QED) is 0.549. The van der Waals surface area contributed by atoms with Gasteiger partial charge in [0.05, 0.1) is 16.1 Å². The van der Waals surface area contributed by atoms with Gasteiger partial charge in [0, 0.05) is 5.39 Å². The maximum atomic E-state index is 12.9. The molecule has 0 saturated carbocycles. The number of aromatic nitrogens is 1. The van der Waals surface area contributed by atoms with Crippen molar-refractivity contribution in [3.05, 3.63) is 72.4 Å². The van der Waals surface area contributed by atoms with E-state index >= 15 is 0 Å². The van der Waals surface area contributed by atoms with Crippen molar-refractivity contribution in [2.75, 3.05) is 0 Å². The largest absolute Gasteiger partial charge is 0.299 e. The second kappa shape index (κ2) is 5.61. The van der Waals surface area contributed by atoms with Crippen molar-refractivity contribution in [1.29, 1.82) is 0 Å². The van der Waals surface area contributed by atoms with E-state index in [0.717, 1.165) is 5.39 Å². The van der Waals surface area contributed by atoms with Gasteiger partial charge in [0.15, 0.2) is 0 Å². The smallest absolute Gasteiger partial charge is 0.268 e. The molecule has 22 heavy (non-hydrogen) atoms. The van der Waals surface area contributed by atoms with E-state index < -0.39 is 10.0 Å². The molecule has 0 amide bonds. The first-order valence-corrected chi connectivity index (χ1v) is 8.11. The summed E-state index contributed by atoms with van der Waals surface area (Å²) in [6, 6.07) is 17.2. The van der Waals surface area contributed by atoms with E-state index in [1.807, 2.05) is 12.1 Å². The van der Waals surface area contributed by atoms with Crippen LogP contribution in [0.25, 0.3) is 17.0 Å². The van der Waals surface area contributed by atoms with Gasteiger partial charge >= 0.3 is 0 Å². The second-order valence-electron chi connectivity index (χ2n) is 4.71. The molecule has 0 bridgehead atoms. The average Bonchev–Trinajstić information content (AvgIpc) is 2.92. The van der Waals surface area contributed by atoms with E-state index in [1.165, 1.54) is 16.1 Å². The molecule has 1 heterocycles. The summed E-state index contributed by atoms with van der Waals surface area (Å²) in [5.74, 6) is 0. The Kier molecular flexibility index (Phi) is 3.65. The van der Waals surface area contributed by atoms with Gasteiger partial charge in [0.2, 0.25) is 0 Å². The van der Waals surface area contributed by atoms with Crippen molar-refractivity contribution >= 4 is 33.3 Å². The van der Waals surface area contributed by atoms with Gasteiger partial charge in [-0.25, -0.2) is 12.4 Å². The number of nitrogens with zero attached hydrogens (tertiary/aromatic N) is 1. The number of aldehydes is 1. The molecule has 4 nitrogen and oxygen atoms in total. The minimum Gasteiger partial charge on any atom is -0.299 e. The predicted octanol–water partition coefficient (Wildman–Crippen LogP) is 3.09. The molecular weight excluding hydrogens is 298 g/mol. The molecule has 0 N–H and O–H groups in total. The number of fused-ring (bicyclic) bond motifs is 1. The molecule has 0 saturated heterocycles. The number of carbonyl (C=O) groups excluding carboxylic acids is 1. The van der Waals surface area contributed by atoms with Gasteiger partial charge in [0.25, 0.3) is 10.0 Å². The molecule has 1 aromatic heterocycles. The number of hydrogen-bond donors (Lipinski definition) is 0. The van der Waals surface area contributed by atoms with Crippen molar-refractivity contribution in [3.8, 4) is 0 Å². The molecule has 0 fully saturated rings. The Hall–Kier alpha value is -2.66. The van der Waals surface area contributed by atoms with Crippen LogP contribution in [0.15, 0.2) is 71.6 Å². The highest BCUT2D eigenvalue weighted by Gasteiger charge is 2.21. The maximum Gasteiger partial charge on any atom is 0.268 e. The second-order valence-corrected chi connectivity index (χ2v) is 6.49. The van der Waals surface area contributed by atoms with Crippen LogP contribution in [-0.2, 0) is 14.8 Å². The van der Waals surface area contributed by atoms with E-state index in [0.29, 0.717) is 17.5 Å². The van der Waals surface area contributed by atoms with Gasteiger partial charge in [-0.1, -0.05) is 36.4 Å². The van der Waals surface area contributed by atoms with Crippen molar-refractivity contribution in [2.45, 2.75) is 4.90 Å². The Morgan fingerprint density at radius 2 is 1.59 bits per heavy atom. The molecule has 0 radical (unpaired) electrons. The summed E-state index contributed by atoms with van der Waals surface area (Å²) in [6.07, 6.45) is 3.40.